The highest BCUT2D eigenvalue weighted by Crippen LogP contribution is 2.23. The Labute approximate surface area is 111 Å². The normalized spacial score (nSPS) is 18.9. The van der Waals surface area contributed by atoms with Gasteiger partial charge in [0.1, 0.15) is 0 Å². The second kappa shape index (κ2) is 8.48. The molecule has 106 valence electrons. The molecular formula is C14H27NO3. The Kier molecular flexibility index (Phi) is 7.28. The van der Waals surface area contributed by atoms with Crippen molar-refractivity contribution in [2.24, 2.45) is 5.92 Å². The first kappa shape index (κ1) is 15.4. The number of ether oxygens (including phenoxy) is 2. The average Bonchev–Trinajstić information content (AvgIpc) is 2.40. The lowest BCUT2D eigenvalue weighted by Gasteiger charge is -2.38. The summed E-state index contributed by atoms with van der Waals surface area (Å²) >= 11 is 0. The maximum atomic E-state index is 11.8. The molecule has 4 nitrogen and oxygen atoms in total. The van der Waals surface area contributed by atoms with Crippen molar-refractivity contribution < 1.29 is 14.3 Å². The molecule has 0 aromatic rings. The Morgan fingerprint density at radius 2 is 1.83 bits per heavy atom. The van der Waals surface area contributed by atoms with Gasteiger partial charge in [0, 0.05) is 19.1 Å². The van der Waals surface area contributed by atoms with Crippen molar-refractivity contribution >= 4 is 5.97 Å². The van der Waals surface area contributed by atoms with Gasteiger partial charge in [-0.05, 0) is 12.8 Å². The number of carbonyl (C=O) groups is 1. The highest BCUT2D eigenvalue weighted by atomic mass is 16.5. The zero-order valence-corrected chi connectivity index (χ0v) is 12.0. The molecule has 0 bridgehead atoms. The van der Waals surface area contributed by atoms with Crippen molar-refractivity contribution in [1.82, 2.24) is 4.90 Å². The monoisotopic (exact) mass is 257 g/mol. The van der Waals surface area contributed by atoms with Gasteiger partial charge >= 0.3 is 5.97 Å². The Hall–Kier alpha value is -0.610. The third kappa shape index (κ3) is 4.58. The van der Waals surface area contributed by atoms with Crippen molar-refractivity contribution in [3.05, 3.63) is 0 Å². The van der Waals surface area contributed by atoms with Crippen molar-refractivity contribution in [2.45, 2.75) is 46.1 Å². The van der Waals surface area contributed by atoms with Gasteiger partial charge in [-0.2, -0.15) is 0 Å². The number of hydrogen-bond donors (Lipinski definition) is 0. The topological polar surface area (TPSA) is 38.8 Å². The fourth-order valence-electron chi connectivity index (χ4n) is 2.73. The largest absolute Gasteiger partial charge is 0.466 e. The molecule has 4 heteroatoms. The number of nitrogens with zero attached hydrogens (tertiary/aromatic N) is 1. The number of hydrogen-bond acceptors (Lipinski definition) is 4. The van der Waals surface area contributed by atoms with Gasteiger partial charge in [-0.15, -0.1) is 0 Å². The summed E-state index contributed by atoms with van der Waals surface area (Å²) in [5, 5.41) is 0. The Morgan fingerprint density at radius 1 is 1.22 bits per heavy atom. The van der Waals surface area contributed by atoms with Crippen LogP contribution < -0.4 is 0 Å². The molecule has 0 aliphatic carbocycles. The van der Waals surface area contributed by atoms with Gasteiger partial charge in [-0.3, -0.25) is 9.69 Å². The lowest BCUT2D eigenvalue weighted by molar-refractivity contribution is -0.145. The summed E-state index contributed by atoms with van der Waals surface area (Å²) in [7, 11) is 0. The molecule has 0 aromatic heterocycles. The maximum Gasteiger partial charge on any atom is 0.307 e. The second-order valence-corrected chi connectivity index (χ2v) is 4.80. The van der Waals surface area contributed by atoms with Gasteiger partial charge in [0.05, 0.1) is 26.2 Å². The molecule has 0 saturated carbocycles. The van der Waals surface area contributed by atoms with Gasteiger partial charge < -0.3 is 9.47 Å². The first-order valence-electron chi connectivity index (χ1n) is 7.20. The molecule has 1 fully saturated rings. The molecule has 0 radical (unpaired) electrons. The summed E-state index contributed by atoms with van der Waals surface area (Å²) in [5.41, 5.74) is 0. The number of morpholine rings is 1. The van der Waals surface area contributed by atoms with E-state index in [9.17, 15) is 4.79 Å². The summed E-state index contributed by atoms with van der Waals surface area (Å²) in [4.78, 5) is 14.2. The molecule has 1 aliphatic heterocycles. The van der Waals surface area contributed by atoms with E-state index < -0.39 is 0 Å². The van der Waals surface area contributed by atoms with E-state index >= 15 is 0 Å². The van der Waals surface area contributed by atoms with Crippen molar-refractivity contribution in [3.63, 3.8) is 0 Å². The predicted molar refractivity (Wildman–Crippen MR) is 71.5 cm³/mol. The molecule has 0 spiro atoms. The van der Waals surface area contributed by atoms with Gasteiger partial charge in [-0.25, -0.2) is 0 Å². The van der Waals surface area contributed by atoms with Crippen LogP contribution in [0, 0.1) is 5.92 Å². The van der Waals surface area contributed by atoms with Crippen molar-refractivity contribution in [3.8, 4) is 0 Å². The van der Waals surface area contributed by atoms with E-state index in [1.165, 1.54) is 0 Å². The maximum absolute atomic E-state index is 11.8. The minimum atomic E-state index is -0.0686. The SMILES string of the molecule is CCOC(=O)CC(C(CC)CC)N1CCOCC1. The van der Waals surface area contributed by atoms with E-state index in [1.54, 1.807) is 0 Å². The van der Waals surface area contributed by atoms with Gasteiger partial charge in [0.25, 0.3) is 0 Å². The van der Waals surface area contributed by atoms with Gasteiger partial charge in [-0.1, -0.05) is 26.7 Å². The molecule has 0 N–H and O–H groups in total. The van der Waals surface area contributed by atoms with E-state index in [-0.39, 0.29) is 5.97 Å². The van der Waals surface area contributed by atoms with Crippen LogP contribution in [0.3, 0.4) is 0 Å². The van der Waals surface area contributed by atoms with E-state index in [0.717, 1.165) is 39.1 Å². The van der Waals surface area contributed by atoms with Crippen LogP contribution in [0.4, 0.5) is 0 Å². The van der Waals surface area contributed by atoms with Gasteiger partial charge in [0.2, 0.25) is 0 Å². The quantitative estimate of drug-likeness (QED) is 0.655. The molecule has 1 unspecified atom stereocenters. The summed E-state index contributed by atoms with van der Waals surface area (Å²) in [6.07, 6.45) is 2.73. The number of rotatable bonds is 7. The Morgan fingerprint density at radius 3 is 2.33 bits per heavy atom. The van der Waals surface area contributed by atoms with Crippen LogP contribution in [0.15, 0.2) is 0 Å². The highest BCUT2D eigenvalue weighted by Gasteiger charge is 2.29. The molecule has 0 aromatic carbocycles. The molecular weight excluding hydrogens is 230 g/mol. The van der Waals surface area contributed by atoms with Crippen LogP contribution in [-0.2, 0) is 14.3 Å². The van der Waals surface area contributed by atoms with Crippen LogP contribution in [0.2, 0.25) is 0 Å². The minimum absolute atomic E-state index is 0.0686. The fourth-order valence-corrected chi connectivity index (χ4v) is 2.73. The fraction of sp³-hybridized carbons (Fsp3) is 0.929. The molecule has 1 atom stereocenters. The minimum Gasteiger partial charge on any atom is -0.466 e. The highest BCUT2D eigenvalue weighted by molar-refractivity contribution is 5.70. The zero-order valence-electron chi connectivity index (χ0n) is 12.0. The Bertz CT molecular complexity index is 235. The molecule has 1 heterocycles. The van der Waals surface area contributed by atoms with Crippen LogP contribution >= 0.6 is 0 Å². The molecule has 1 saturated heterocycles. The summed E-state index contributed by atoms with van der Waals surface area (Å²) in [6.45, 7) is 10.1. The number of esters is 1. The summed E-state index contributed by atoms with van der Waals surface area (Å²) < 4.78 is 10.5. The van der Waals surface area contributed by atoms with E-state index in [1.807, 2.05) is 6.92 Å². The third-order valence-electron chi connectivity index (χ3n) is 3.79. The molecule has 18 heavy (non-hydrogen) atoms. The smallest absolute Gasteiger partial charge is 0.307 e. The van der Waals surface area contributed by atoms with Crippen LogP contribution in [0.25, 0.3) is 0 Å². The van der Waals surface area contributed by atoms with E-state index in [4.69, 9.17) is 9.47 Å². The lowest BCUT2D eigenvalue weighted by atomic mass is 9.90. The van der Waals surface area contributed by atoms with Crippen LogP contribution in [0.1, 0.15) is 40.0 Å². The third-order valence-corrected chi connectivity index (χ3v) is 3.79. The summed E-state index contributed by atoms with van der Waals surface area (Å²) in [6, 6.07) is 0.308. The Balaban J connectivity index is 2.63. The van der Waals surface area contributed by atoms with E-state index in [2.05, 4.69) is 18.7 Å². The first-order valence-corrected chi connectivity index (χ1v) is 7.20. The first-order chi connectivity index (χ1) is 8.72. The average molecular weight is 257 g/mol. The van der Waals surface area contributed by atoms with Crippen LogP contribution in [0.5, 0.6) is 0 Å². The zero-order chi connectivity index (χ0) is 13.4. The van der Waals surface area contributed by atoms with Crippen molar-refractivity contribution in [1.29, 1.82) is 0 Å². The van der Waals surface area contributed by atoms with Crippen molar-refractivity contribution in [2.75, 3.05) is 32.9 Å². The standard InChI is InChI=1S/C14H27NO3/c1-4-12(5-2)13(11-14(16)18-6-3)15-7-9-17-10-8-15/h12-13H,4-11H2,1-3H3. The second-order valence-electron chi connectivity index (χ2n) is 4.80. The molecule has 1 aliphatic rings. The van der Waals surface area contributed by atoms with Crippen LogP contribution in [-0.4, -0.2) is 49.8 Å². The lowest BCUT2D eigenvalue weighted by Crippen LogP contribution is -2.48. The predicted octanol–water partition coefficient (Wildman–Crippen LogP) is 2.08. The molecule has 1 rings (SSSR count). The molecule has 0 amide bonds. The van der Waals surface area contributed by atoms with E-state index in [0.29, 0.717) is 25.0 Å². The summed E-state index contributed by atoms with van der Waals surface area (Å²) in [5.74, 6) is 0.494. The number of carbonyl (C=O) groups excluding carboxylic acids is 1. The van der Waals surface area contributed by atoms with Gasteiger partial charge in [0.15, 0.2) is 0 Å².